The van der Waals surface area contributed by atoms with Gasteiger partial charge in [0.2, 0.25) is 0 Å². The third-order valence-corrected chi connectivity index (χ3v) is 0.601. The molecule has 0 bridgehead atoms. The standard InChI is InChI=1S/C3H2ClNO/c4-3-1-2-6-5-3/h1-2H. The lowest BCUT2D eigenvalue weighted by atomic mass is 10.8. The molecular weight excluding hydrogens is 101 g/mol. The van der Waals surface area contributed by atoms with Gasteiger partial charge in [-0.15, -0.1) is 0 Å². The van der Waals surface area contributed by atoms with Gasteiger partial charge in [-0.1, -0.05) is 16.8 Å². The summed E-state index contributed by atoms with van der Waals surface area (Å²) in [5, 5.41) is 3.71. The highest BCUT2D eigenvalue weighted by Gasteiger charge is 1.81. The van der Waals surface area contributed by atoms with Crippen molar-refractivity contribution in [2.45, 2.75) is 0 Å². The lowest BCUT2D eigenvalue weighted by Gasteiger charge is -1.59. The zero-order valence-corrected chi connectivity index (χ0v) is 3.64. The molecule has 32 valence electrons. The van der Waals surface area contributed by atoms with Gasteiger partial charge < -0.3 is 4.52 Å². The number of hydrogen-bond acceptors (Lipinski definition) is 2. The predicted octanol–water partition coefficient (Wildman–Crippen LogP) is 1.33. The summed E-state index contributed by atoms with van der Waals surface area (Å²) in [4.78, 5) is 0. The van der Waals surface area contributed by atoms with Crippen LogP contribution >= 0.6 is 11.6 Å². The van der Waals surface area contributed by atoms with Crippen LogP contribution in [-0.4, -0.2) is 5.16 Å². The van der Waals surface area contributed by atoms with Gasteiger partial charge in [-0.2, -0.15) is 0 Å². The van der Waals surface area contributed by atoms with E-state index < -0.39 is 0 Å². The fourth-order valence-corrected chi connectivity index (χ4v) is 0.289. The van der Waals surface area contributed by atoms with E-state index in [4.69, 9.17) is 11.6 Å². The highest BCUT2D eigenvalue weighted by Crippen LogP contribution is 1.99. The molecule has 0 aliphatic rings. The average molecular weight is 104 g/mol. The molecule has 1 rings (SSSR count). The molecule has 0 fully saturated rings. The topological polar surface area (TPSA) is 26.0 Å². The molecule has 6 heavy (non-hydrogen) atoms. The van der Waals surface area contributed by atoms with E-state index in [1.807, 2.05) is 0 Å². The summed E-state index contributed by atoms with van der Waals surface area (Å²) >= 11 is 5.25. The largest absolute Gasteiger partial charge is 0.363 e. The van der Waals surface area contributed by atoms with Gasteiger partial charge in [0.05, 0.1) is 0 Å². The molecule has 1 aromatic heterocycles. The third-order valence-electron chi connectivity index (χ3n) is 0.406. The van der Waals surface area contributed by atoms with Crippen molar-refractivity contribution in [1.82, 2.24) is 5.16 Å². The first-order valence-corrected chi connectivity index (χ1v) is 1.83. The summed E-state index contributed by atoms with van der Waals surface area (Å²) in [5.74, 6) is 0. The van der Waals surface area contributed by atoms with Crippen LogP contribution in [-0.2, 0) is 0 Å². The Balaban J connectivity index is 3.05. The number of rotatable bonds is 0. The normalized spacial score (nSPS) is 8.83. The van der Waals surface area contributed by atoms with Crippen LogP contribution in [0.4, 0.5) is 0 Å². The molecule has 0 unspecified atom stereocenters. The molecule has 0 aliphatic carbocycles. The lowest BCUT2D eigenvalue weighted by molar-refractivity contribution is 0.420. The zero-order valence-electron chi connectivity index (χ0n) is 2.89. The van der Waals surface area contributed by atoms with Gasteiger partial charge in [0.25, 0.3) is 0 Å². The minimum Gasteiger partial charge on any atom is -0.363 e. The second-order valence-corrected chi connectivity index (χ2v) is 1.21. The molecule has 0 radical (unpaired) electrons. The van der Waals surface area contributed by atoms with Crippen molar-refractivity contribution in [3.63, 3.8) is 0 Å². The Morgan fingerprint density at radius 1 is 1.83 bits per heavy atom. The summed E-state index contributed by atoms with van der Waals surface area (Å²) in [6, 6.07) is 1.57. The molecule has 0 amide bonds. The molecule has 0 spiro atoms. The van der Waals surface area contributed by atoms with Crippen LogP contribution < -0.4 is 0 Å². The van der Waals surface area contributed by atoms with Gasteiger partial charge in [-0.3, -0.25) is 0 Å². The Morgan fingerprint density at radius 2 is 2.67 bits per heavy atom. The van der Waals surface area contributed by atoms with E-state index >= 15 is 0 Å². The first-order valence-electron chi connectivity index (χ1n) is 1.45. The van der Waals surface area contributed by atoms with Gasteiger partial charge in [0.15, 0.2) is 5.15 Å². The van der Waals surface area contributed by atoms with Crippen molar-refractivity contribution < 1.29 is 4.52 Å². The van der Waals surface area contributed by atoms with Crippen molar-refractivity contribution in [3.05, 3.63) is 17.5 Å². The molecule has 0 saturated heterocycles. The highest BCUT2D eigenvalue weighted by molar-refractivity contribution is 6.29. The molecule has 0 aromatic carbocycles. The van der Waals surface area contributed by atoms with Crippen LogP contribution in [0.25, 0.3) is 0 Å². The molecule has 2 nitrogen and oxygen atoms in total. The van der Waals surface area contributed by atoms with Gasteiger partial charge in [-0.05, 0) is 0 Å². The van der Waals surface area contributed by atoms with Crippen LogP contribution in [0.2, 0.25) is 5.15 Å². The number of hydrogen-bond donors (Lipinski definition) is 0. The minimum absolute atomic E-state index is 0.398. The monoisotopic (exact) mass is 103 g/mol. The Morgan fingerprint density at radius 3 is 2.83 bits per heavy atom. The van der Waals surface area contributed by atoms with Crippen molar-refractivity contribution in [1.29, 1.82) is 0 Å². The van der Waals surface area contributed by atoms with Crippen LogP contribution in [0, 0.1) is 0 Å². The summed E-state index contributed by atoms with van der Waals surface area (Å²) in [7, 11) is 0. The fraction of sp³-hybridized carbons (Fsp3) is 0. The van der Waals surface area contributed by atoms with E-state index in [1.165, 1.54) is 6.26 Å². The fourth-order valence-electron chi connectivity index (χ4n) is 0.198. The first-order chi connectivity index (χ1) is 2.89. The van der Waals surface area contributed by atoms with Gasteiger partial charge in [0, 0.05) is 6.07 Å². The summed E-state index contributed by atoms with van der Waals surface area (Å²) in [6.07, 6.45) is 1.42. The maximum absolute atomic E-state index is 5.25. The van der Waals surface area contributed by atoms with Crippen molar-refractivity contribution in [2.24, 2.45) is 0 Å². The Hall–Kier alpha value is -0.500. The summed E-state index contributed by atoms with van der Waals surface area (Å²) in [6.45, 7) is 0. The molecule has 3 heteroatoms. The van der Waals surface area contributed by atoms with Gasteiger partial charge in [0.1, 0.15) is 6.26 Å². The van der Waals surface area contributed by atoms with Gasteiger partial charge in [-0.25, -0.2) is 0 Å². The van der Waals surface area contributed by atoms with Crippen LogP contribution in [0.1, 0.15) is 0 Å². The molecule has 0 saturated carbocycles. The molecule has 1 aromatic rings. The molecule has 0 N–H and O–H groups in total. The Bertz CT molecular complexity index is 114. The second-order valence-electron chi connectivity index (χ2n) is 0.822. The smallest absolute Gasteiger partial charge is 0.172 e. The molecule has 1 heterocycles. The second kappa shape index (κ2) is 1.30. The van der Waals surface area contributed by atoms with Crippen molar-refractivity contribution >= 4 is 11.6 Å². The predicted molar refractivity (Wildman–Crippen MR) is 21.5 cm³/mol. The van der Waals surface area contributed by atoms with E-state index in [9.17, 15) is 0 Å². The average Bonchev–Trinajstić information content (AvgIpc) is 1.86. The minimum atomic E-state index is 0.398. The summed E-state index contributed by atoms with van der Waals surface area (Å²) < 4.78 is 4.33. The van der Waals surface area contributed by atoms with E-state index in [2.05, 4.69) is 9.68 Å². The summed E-state index contributed by atoms with van der Waals surface area (Å²) in [5.41, 5.74) is 0. The lowest BCUT2D eigenvalue weighted by Crippen LogP contribution is -1.49. The molecular formula is C3H2ClNO. The number of halogens is 1. The Kier molecular flexibility index (Phi) is 0.801. The maximum Gasteiger partial charge on any atom is 0.172 e. The third kappa shape index (κ3) is 0.518. The van der Waals surface area contributed by atoms with Gasteiger partial charge >= 0.3 is 0 Å². The number of nitrogens with zero attached hydrogens (tertiary/aromatic N) is 1. The van der Waals surface area contributed by atoms with Crippen LogP contribution in [0.5, 0.6) is 0 Å². The first kappa shape index (κ1) is 3.68. The zero-order chi connectivity index (χ0) is 4.41. The highest BCUT2D eigenvalue weighted by atomic mass is 35.5. The quantitative estimate of drug-likeness (QED) is 0.495. The van der Waals surface area contributed by atoms with E-state index in [-0.39, 0.29) is 0 Å². The number of aromatic nitrogens is 1. The van der Waals surface area contributed by atoms with Crippen molar-refractivity contribution in [2.75, 3.05) is 0 Å². The van der Waals surface area contributed by atoms with Crippen molar-refractivity contribution in [3.8, 4) is 0 Å². The SMILES string of the molecule is Clc1ccon1. The van der Waals surface area contributed by atoms with E-state index in [0.717, 1.165) is 0 Å². The maximum atomic E-state index is 5.25. The molecule has 0 atom stereocenters. The van der Waals surface area contributed by atoms with E-state index in [0.29, 0.717) is 5.15 Å². The van der Waals surface area contributed by atoms with E-state index in [1.54, 1.807) is 6.07 Å². The van der Waals surface area contributed by atoms with Crippen LogP contribution in [0.3, 0.4) is 0 Å². The molecule has 0 aliphatic heterocycles. The van der Waals surface area contributed by atoms with Crippen LogP contribution in [0.15, 0.2) is 16.9 Å². The Labute approximate surface area is 39.7 Å².